The Morgan fingerprint density at radius 2 is 1.81 bits per heavy atom. The first-order valence-corrected chi connectivity index (χ1v) is 8.17. The molecule has 0 saturated heterocycles. The van der Waals surface area contributed by atoms with Crippen LogP contribution in [0.4, 0.5) is 0 Å². The highest BCUT2D eigenvalue weighted by molar-refractivity contribution is 6.42. The minimum Gasteiger partial charge on any atom is -0.388 e. The van der Waals surface area contributed by atoms with Crippen LogP contribution in [0.1, 0.15) is 44.1 Å². The second kappa shape index (κ2) is 5.45. The Morgan fingerprint density at radius 1 is 1.14 bits per heavy atom. The molecule has 3 nitrogen and oxygen atoms in total. The molecule has 2 aliphatic carbocycles. The molecule has 2 N–H and O–H groups in total. The van der Waals surface area contributed by atoms with Gasteiger partial charge in [0.15, 0.2) is 0 Å². The molecule has 1 aromatic rings. The van der Waals surface area contributed by atoms with Gasteiger partial charge >= 0.3 is 0 Å². The molecule has 0 atom stereocenters. The molecule has 0 aliphatic heterocycles. The van der Waals surface area contributed by atoms with E-state index >= 15 is 0 Å². The number of carbonyl (C=O) groups is 1. The molecule has 5 heteroatoms. The molecule has 0 unspecified atom stereocenters. The summed E-state index contributed by atoms with van der Waals surface area (Å²) in [5, 5.41) is 14.0. The fourth-order valence-corrected chi connectivity index (χ4v) is 3.44. The van der Waals surface area contributed by atoms with Crippen LogP contribution >= 0.6 is 23.2 Å². The number of halogens is 2. The third-order valence-electron chi connectivity index (χ3n) is 4.98. The van der Waals surface area contributed by atoms with Crippen LogP contribution in [0.3, 0.4) is 0 Å². The van der Waals surface area contributed by atoms with Crippen molar-refractivity contribution < 1.29 is 9.90 Å². The van der Waals surface area contributed by atoms with Gasteiger partial charge in [0.2, 0.25) is 5.91 Å². The molecule has 2 aliphatic rings. The fourth-order valence-electron chi connectivity index (χ4n) is 3.15. The molecular formula is C16H19Cl2NO2. The van der Waals surface area contributed by atoms with Gasteiger partial charge in [-0.15, -0.1) is 0 Å². The van der Waals surface area contributed by atoms with E-state index in [0.717, 1.165) is 44.1 Å². The highest BCUT2D eigenvalue weighted by Gasteiger charge is 2.46. The maximum Gasteiger partial charge on any atom is 0.230 e. The molecule has 1 amide bonds. The van der Waals surface area contributed by atoms with E-state index in [2.05, 4.69) is 5.32 Å². The summed E-state index contributed by atoms with van der Waals surface area (Å²) in [6.07, 6.45) is 5.23. The molecule has 0 heterocycles. The van der Waals surface area contributed by atoms with Gasteiger partial charge < -0.3 is 10.4 Å². The lowest BCUT2D eigenvalue weighted by molar-refractivity contribution is -0.132. The summed E-state index contributed by atoms with van der Waals surface area (Å²) in [5.41, 5.74) is -0.284. The first kappa shape index (κ1) is 15.1. The highest BCUT2D eigenvalue weighted by atomic mass is 35.5. The number of aliphatic hydroxyl groups is 1. The number of amides is 1. The topological polar surface area (TPSA) is 49.3 Å². The molecule has 2 saturated carbocycles. The number of benzene rings is 1. The molecular weight excluding hydrogens is 309 g/mol. The van der Waals surface area contributed by atoms with E-state index in [1.807, 2.05) is 6.07 Å². The molecule has 114 valence electrons. The lowest BCUT2D eigenvalue weighted by Crippen LogP contribution is -2.54. The molecule has 1 aromatic carbocycles. The molecule has 0 aromatic heterocycles. The van der Waals surface area contributed by atoms with Gasteiger partial charge in [0.05, 0.1) is 21.1 Å². The first-order chi connectivity index (χ1) is 9.95. The Morgan fingerprint density at radius 3 is 2.29 bits per heavy atom. The van der Waals surface area contributed by atoms with Crippen molar-refractivity contribution in [2.75, 3.05) is 6.54 Å². The van der Waals surface area contributed by atoms with Crippen LogP contribution in [0, 0.1) is 0 Å². The van der Waals surface area contributed by atoms with Crippen LogP contribution < -0.4 is 5.32 Å². The van der Waals surface area contributed by atoms with Crippen molar-refractivity contribution in [3.05, 3.63) is 33.8 Å². The number of rotatable bonds is 4. The summed E-state index contributed by atoms with van der Waals surface area (Å²) >= 11 is 12.0. The van der Waals surface area contributed by atoms with E-state index in [4.69, 9.17) is 23.2 Å². The largest absolute Gasteiger partial charge is 0.388 e. The minimum absolute atomic E-state index is 0.00698. The van der Waals surface area contributed by atoms with Crippen molar-refractivity contribution in [2.45, 2.75) is 49.5 Å². The third kappa shape index (κ3) is 2.67. The van der Waals surface area contributed by atoms with E-state index in [0.29, 0.717) is 16.6 Å². The SMILES string of the molecule is O=C(NCC1(O)CCC1)C1(c2ccc(Cl)c(Cl)c2)CCC1. The average molecular weight is 328 g/mol. The highest BCUT2D eigenvalue weighted by Crippen LogP contribution is 2.45. The van der Waals surface area contributed by atoms with Crippen LogP contribution in [-0.2, 0) is 10.2 Å². The summed E-state index contributed by atoms with van der Waals surface area (Å²) in [6, 6.07) is 5.41. The van der Waals surface area contributed by atoms with Crippen LogP contribution in [0.2, 0.25) is 10.0 Å². The summed E-state index contributed by atoms with van der Waals surface area (Å²) in [7, 11) is 0. The first-order valence-electron chi connectivity index (χ1n) is 7.42. The van der Waals surface area contributed by atoms with Gasteiger partial charge in [0.25, 0.3) is 0 Å². The Balaban J connectivity index is 1.75. The van der Waals surface area contributed by atoms with Gasteiger partial charge in [0, 0.05) is 6.54 Å². The summed E-state index contributed by atoms with van der Waals surface area (Å²) in [6.45, 7) is 0.342. The number of hydrogen-bond donors (Lipinski definition) is 2. The van der Waals surface area contributed by atoms with E-state index in [1.165, 1.54) is 0 Å². The van der Waals surface area contributed by atoms with Gasteiger partial charge in [-0.2, -0.15) is 0 Å². The second-order valence-corrected chi connectivity index (χ2v) is 7.14. The van der Waals surface area contributed by atoms with Crippen LogP contribution in [0.25, 0.3) is 0 Å². The molecule has 0 spiro atoms. The van der Waals surface area contributed by atoms with Crippen molar-refractivity contribution in [3.63, 3.8) is 0 Å². The summed E-state index contributed by atoms with van der Waals surface area (Å²) in [4.78, 5) is 12.6. The smallest absolute Gasteiger partial charge is 0.230 e. The van der Waals surface area contributed by atoms with Crippen LogP contribution in [0.5, 0.6) is 0 Å². The van der Waals surface area contributed by atoms with E-state index in [9.17, 15) is 9.90 Å². The van der Waals surface area contributed by atoms with E-state index < -0.39 is 11.0 Å². The van der Waals surface area contributed by atoms with Gasteiger partial charge in [-0.3, -0.25) is 4.79 Å². The zero-order chi connectivity index (χ0) is 15.1. The predicted octanol–water partition coefficient (Wildman–Crippen LogP) is 3.45. The van der Waals surface area contributed by atoms with Crippen molar-refractivity contribution in [3.8, 4) is 0 Å². The van der Waals surface area contributed by atoms with Crippen molar-refractivity contribution in [1.29, 1.82) is 0 Å². The Hall–Kier alpha value is -0.770. The molecule has 0 bridgehead atoms. The minimum atomic E-state index is -0.696. The van der Waals surface area contributed by atoms with Gasteiger partial charge in [-0.25, -0.2) is 0 Å². The van der Waals surface area contributed by atoms with Crippen molar-refractivity contribution in [1.82, 2.24) is 5.32 Å². The Bertz CT molecular complexity index is 565. The lowest BCUT2D eigenvalue weighted by atomic mass is 9.63. The molecule has 0 radical (unpaired) electrons. The Labute approximate surface area is 134 Å². The fraction of sp³-hybridized carbons (Fsp3) is 0.562. The lowest BCUT2D eigenvalue weighted by Gasteiger charge is -2.43. The molecule has 3 rings (SSSR count). The third-order valence-corrected chi connectivity index (χ3v) is 5.72. The van der Waals surface area contributed by atoms with Gasteiger partial charge in [-0.1, -0.05) is 35.7 Å². The maximum absolute atomic E-state index is 12.6. The average Bonchev–Trinajstić information content (AvgIpc) is 2.37. The molecule has 21 heavy (non-hydrogen) atoms. The van der Waals surface area contributed by atoms with Gasteiger partial charge in [-0.05, 0) is 49.8 Å². The van der Waals surface area contributed by atoms with E-state index in [1.54, 1.807) is 12.1 Å². The van der Waals surface area contributed by atoms with Crippen LogP contribution in [-0.4, -0.2) is 23.2 Å². The quantitative estimate of drug-likeness (QED) is 0.889. The monoisotopic (exact) mass is 327 g/mol. The zero-order valence-electron chi connectivity index (χ0n) is 11.8. The Kier molecular flexibility index (Phi) is 3.93. The second-order valence-electron chi connectivity index (χ2n) is 6.33. The zero-order valence-corrected chi connectivity index (χ0v) is 13.3. The number of carbonyl (C=O) groups excluding carboxylic acids is 1. The normalized spacial score (nSPS) is 22.0. The summed E-state index contributed by atoms with van der Waals surface area (Å²) in [5.74, 6) is -0.00698. The number of hydrogen-bond acceptors (Lipinski definition) is 2. The van der Waals surface area contributed by atoms with E-state index in [-0.39, 0.29) is 5.91 Å². The van der Waals surface area contributed by atoms with Crippen molar-refractivity contribution >= 4 is 29.1 Å². The summed E-state index contributed by atoms with van der Waals surface area (Å²) < 4.78 is 0. The maximum atomic E-state index is 12.6. The van der Waals surface area contributed by atoms with Gasteiger partial charge in [0.1, 0.15) is 0 Å². The molecule has 2 fully saturated rings. The van der Waals surface area contributed by atoms with Crippen LogP contribution in [0.15, 0.2) is 18.2 Å². The van der Waals surface area contributed by atoms with Crippen molar-refractivity contribution in [2.24, 2.45) is 0 Å². The number of nitrogens with one attached hydrogen (secondary N) is 1. The standard InChI is InChI=1S/C16H19Cl2NO2/c17-12-4-3-11(9-13(12)18)16(7-2-8-16)14(20)19-10-15(21)5-1-6-15/h3-4,9,21H,1-2,5-8,10H2,(H,19,20). The predicted molar refractivity (Wildman–Crippen MR) is 83.8 cm³/mol.